The Morgan fingerprint density at radius 1 is 1.13 bits per heavy atom. The fourth-order valence-electron chi connectivity index (χ4n) is 2.05. The highest BCUT2D eigenvalue weighted by molar-refractivity contribution is 5.74. The molecular formula is C16H21N5O2. The van der Waals surface area contributed by atoms with E-state index in [4.69, 9.17) is 0 Å². The summed E-state index contributed by atoms with van der Waals surface area (Å²) >= 11 is 0. The van der Waals surface area contributed by atoms with Crippen molar-refractivity contribution in [2.75, 3.05) is 10.6 Å². The molecule has 122 valence electrons. The SMILES string of the molecule is CCc1ccc(Nc2ncnc(NC(C)(C)C)c2[N+](=O)[O-])cc1. The summed E-state index contributed by atoms with van der Waals surface area (Å²) in [6, 6.07) is 7.70. The van der Waals surface area contributed by atoms with Crippen molar-refractivity contribution in [1.29, 1.82) is 0 Å². The average Bonchev–Trinajstić information content (AvgIpc) is 2.46. The normalized spacial score (nSPS) is 11.1. The van der Waals surface area contributed by atoms with Gasteiger partial charge in [-0.25, -0.2) is 9.97 Å². The first kappa shape index (κ1) is 16.7. The van der Waals surface area contributed by atoms with E-state index in [1.54, 1.807) is 0 Å². The molecule has 0 atom stereocenters. The molecular weight excluding hydrogens is 294 g/mol. The fraction of sp³-hybridized carbons (Fsp3) is 0.375. The maximum absolute atomic E-state index is 11.5. The highest BCUT2D eigenvalue weighted by atomic mass is 16.6. The number of aromatic nitrogens is 2. The number of hydrogen-bond donors (Lipinski definition) is 2. The van der Waals surface area contributed by atoms with Gasteiger partial charge in [0, 0.05) is 11.2 Å². The molecule has 0 saturated heterocycles. The molecule has 7 heteroatoms. The lowest BCUT2D eigenvalue weighted by Crippen LogP contribution is -2.27. The Morgan fingerprint density at radius 3 is 2.26 bits per heavy atom. The number of rotatable bonds is 5. The minimum Gasteiger partial charge on any atom is -0.360 e. The molecule has 23 heavy (non-hydrogen) atoms. The van der Waals surface area contributed by atoms with Crippen LogP contribution in [0.2, 0.25) is 0 Å². The van der Waals surface area contributed by atoms with Gasteiger partial charge in [0.1, 0.15) is 6.33 Å². The zero-order valence-electron chi connectivity index (χ0n) is 13.8. The van der Waals surface area contributed by atoms with Gasteiger partial charge >= 0.3 is 5.69 Å². The second kappa shape index (κ2) is 6.60. The summed E-state index contributed by atoms with van der Waals surface area (Å²) < 4.78 is 0. The van der Waals surface area contributed by atoms with Gasteiger partial charge in [0.2, 0.25) is 11.6 Å². The summed E-state index contributed by atoms with van der Waals surface area (Å²) in [4.78, 5) is 19.0. The second-order valence-corrected chi connectivity index (χ2v) is 6.23. The number of nitrogens with zero attached hydrogens (tertiary/aromatic N) is 3. The molecule has 2 rings (SSSR count). The molecule has 0 aliphatic heterocycles. The van der Waals surface area contributed by atoms with Crippen molar-refractivity contribution >= 4 is 23.0 Å². The highest BCUT2D eigenvalue weighted by Gasteiger charge is 2.25. The molecule has 2 aromatic rings. The van der Waals surface area contributed by atoms with Crippen LogP contribution in [0.15, 0.2) is 30.6 Å². The summed E-state index contributed by atoms with van der Waals surface area (Å²) in [7, 11) is 0. The highest BCUT2D eigenvalue weighted by Crippen LogP contribution is 2.32. The van der Waals surface area contributed by atoms with Gasteiger partial charge in [-0.1, -0.05) is 19.1 Å². The number of anilines is 3. The monoisotopic (exact) mass is 315 g/mol. The first-order chi connectivity index (χ1) is 10.8. The number of nitrogens with one attached hydrogen (secondary N) is 2. The Balaban J connectivity index is 2.37. The predicted octanol–water partition coefficient (Wildman–Crippen LogP) is 3.90. The molecule has 2 N–H and O–H groups in total. The van der Waals surface area contributed by atoms with E-state index in [0.29, 0.717) is 0 Å². The Hall–Kier alpha value is -2.70. The minimum absolute atomic E-state index is 0.165. The van der Waals surface area contributed by atoms with Crippen molar-refractivity contribution in [3.63, 3.8) is 0 Å². The largest absolute Gasteiger partial charge is 0.360 e. The molecule has 0 aliphatic carbocycles. The average molecular weight is 315 g/mol. The summed E-state index contributed by atoms with van der Waals surface area (Å²) in [6.07, 6.45) is 2.25. The number of aryl methyl sites for hydroxylation is 1. The van der Waals surface area contributed by atoms with Crippen molar-refractivity contribution in [2.24, 2.45) is 0 Å². The molecule has 0 radical (unpaired) electrons. The fourth-order valence-corrected chi connectivity index (χ4v) is 2.05. The summed E-state index contributed by atoms with van der Waals surface area (Å²) in [5.41, 5.74) is 1.43. The summed E-state index contributed by atoms with van der Waals surface area (Å²) in [6.45, 7) is 7.81. The van der Waals surface area contributed by atoms with E-state index < -0.39 is 4.92 Å². The Labute approximate surface area is 135 Å². The third-order valence-corrected chi connectivity index (χ3v) is 3.12. The number of hydrogen-bond acceptors (Lipinski definition) is 6. The molecule has 0 spiro atoms. The number of benzene rings is 1. The summed E-state index contributed by atoms with van der Waals surface area (Å²) in [5, 5.41) is 17.5. The van der Waals surface area contributed by atoms with Gasteiger partial charge in [0.25, 0.3) is 0 Å². The van der Waals surface area contributed by atoms with Gasteiger partial charge in [-0.05, 0) is 44.9 Å². The van der Waals surface area contributed by atoms with Crippen molar-refractivity contribution in [1.82, 2.24) is 9.97 Å². The molecule has 0 amide bonds. The topological polar surface area (TPSA) is 93.0 Å². The van der Waals surface area contributed by atoms with E-state index in [0.717, 1.165) is 12.1 Å². The zero-order chi connectivity index (χ0) is 17.0. The minimum atomic E-state index is -0.475. The molecule has 0 aliphatic rings. The molecule has 1 aromatic carbocycles. The van der Waals surface area contributed by atoms with Crippen LogP contribution in [0.4, 0.5) is 23.0 Å². The molecule has 7 nitrogen and oxygen atoms in total. The van der Waals surface area contributed by atoms with E-state index >= 15 is 0 Å². The van der Waals surface area contributed by atoms with Crippen LogP contribution in [0, 0.1) is 10.1 Å². The predicted molar refractivity (Wildman–Crippen MR) is 91.2 cm³/mol. The van der Waals surface area contributed by atoms with Crippen LogP contribution in [0.25, 0.3) is 0 Å². The van der Waals surface area contributed by atoms with Gasteiger partial charge in [0.05, 0.1) is 4.92 Å². The Kier molecular flexibility index (Phi) is 4.78. The number of nitro groups is 1. The van der Waals surface area contributed by atoms with Gasteiger partial charge in [-0.2, -0.15) is 0 Å². The first-order valence-electron chi connectivity index (χ1n) is 7.43. The smallest absolute Gasteiger partial charge is 0.353 e. The van der Waals surface area contributed by atoms with Crippen molar-refractivity contribution < 1.29 is 4.92 Å². The van der Waals surface area contributed by atoms with Crippen LogP contribution >= 0.6 is 0 Å². The van der Waals surface area contributed by atoms with Gasteiger partial charge < -0.3 is 10.6 Å². The molecule has 1 aromatic heterocycles. The molecule has 0 unspecified atom stereocenters. The van der Waals surface area contributed by atoms with Crippen LogP contribution in [-0.2, 0) is 6.42 Å². The summed E-state index contributed by atoms with van der Waals surface area (Å²) in [5.74, 6) is 0.367. The molecule has 1 heterocycles. The maximum Gasteiger partial charge on any atom is 0.353 e. The van der Waals surface area contributed by atoms with E-state index in [9.17, 15) is 10.1 Å². The lowest BCUT2D eigenvalue weighted by atomic mass is 10.1. The van der Waals surface area contributed by atoms with Gasteiger partial charge in [-0.15, -0.1) is 0 Å². The standard InChI is InChI=1S/C16H21N5O2/c1-5-11-6-8-12(9-7-11)19-14-13(21(22)23)15(18-10-17-14)20-16(2,3)4/h6-10H,5H2,1-4H3,(H2,17,18,19,20). The van der Waals surface area contributed by atoms with Crippen LogP contribution < -0.4 is 10.6 Å². The van der Waals surface area contributed by atoms with Crippen LogP contribution in [0.1, 0.15) is 33.3 Å². The van der Waals surface area contributed by atoms with Gasteiger partial charge in [-0.3, -0.25) is 10.1 Å². The van der Waals surface area contributed by atoms with Gasteiger partial charge in [0.15, 0.2) is 0 Å². The Morgan fingerprint density at radius 2 is 1.74 bits per heavy atom. The lowest BCUT2D eigenvalue weighted by Gasteiger charge is -2.21. The quantitative estimate of drug-likeness (QED) is 0.642. The van der Waals surface area contributed by atoms with Crippen molar-refractivity contribution in [3.8, 4) is 0 Å². The van der Waals surface area contributed by atoms with Crippen molar-refractivity contribution in [3.05, 3.63) is 46.3 Å². The zero-order valence-corrected chi connectivity index (χ0v) is 13.8. The molecule has 0 saturated carbocycles. The lowest BCUT2D eigenvalue weighted by molar-refractivity contribution is -0.383. The van der Waals surface area contributed by atoms with E-state index in [2.05, 4.69) is 27.5 Å². The molecule has 0 fully saturated rings. The third kappa shape index (κ3) is 4.38. The third-order valence-electron chi connectivity index (χ3n) is 3.12. The first-order valence-corrected chi connectivity index (χ1v) is 7.43. The van der Waals surface area contributed by atoms with Crippen LogP contribution in [0.5, 0.6) is 0 Å². The second-order valence-electron chi connectivity index (χ2n) is 6.23. The Bertz CT molecular complexity index is 693. The van der Waals surface area contributed by atoms with E-state index in [1.165, 1.54) is 11.9 Å². The van der Waals surface area contributed by atoms with Crippen LogP contribution in [0.3, 0.4) is 0 Å². The van der Waals surface area contributed by atoms with E-state index in [-0.39, 0.29) is 22.9 Å². The van der Waals surface area contributed by atoms with E-state index in [1.807, 2.05) is 45.0 Å². The molecule has 0 bridgehead atoms. The van der Waals surface area contributed by atoms with Crippen LogP contribution in [-0.4, -0.2) is 20.4 Å². The maximum atomic E-state index is 11.5. The van der Waals surface area contributed by atoms with Crippen molar-refractivity contribution in [2.45, 2.75) is 39.7 Å².